The van der Waals surface area contributed by atoms with Crippen molar-refractivity contribution >= 4 is 5.91 Å². The van der Waals surface area contributed by atoms with Crippen molar-refractivity contribution in [3.63, 3.8) is 0 Å². The summed E-state index contributed by atoms with van der Waals surface area (Å²) in [5.74, 6) is 1.70. The van der Waals surface area contributed by atoms with Crippen molar-refractivity contribution in [2.75, 3.05) is 40.3 Å². The van der Waals surface area contributed by atoms with Gasteiger partial charge in [0.15, 0.2) is 6.39 Å². The molecule has 1 amide bonds. The number of aromatic nitrogens is 1. The predicted molar refractivity (Wildman–Crippen MR) is 104 cm³/mol. The molecule has 3 rings (SSSR count). The van der Waals surface area contributed by atoms with Gasteiger partial charge in [-0.05, 0) is 50.3 Å². The molecule has 1 aromatic carbocycles. The lowest BCUT2D eigenvalue weighted by atomic mass is 9.97. The number of carbonyl (C=O) groups excluding carboxylic acids is 1. The van der Waals surface area contributed by atoms with Gasteiger partial charge < -0.3 is 19.0 Å². The Morgan fingerprint density at radius 3 is 2.96 bits per heavy atom. The van der Waals surface area contributed by atoms with Gasteiger partial charge in [-0.15, -0.1) is 0 Å². The smallest absolute Gasteiger partial charge is 0.291 e. The van der Waals surface area contributed by atoms with E-state index in [-0.39, 0.29) is 5.91 Å². The number of hydrogen-bond acceptors (Lipinski definition) is 5. The van der Waals surface area contributed by atoms with Crippen LogP contribution in [0.5, 0.6) is 5.75 Å². The van der Waals surface area contributed by atoms with Crippen molar-refractivity contribution < 1.29 is 13.9 Å². The number of aryl methyl sites for hydroxylation is 1. The summed E-state index contributed by atoms with van der Waals surface area (Å²) >= 11 is 0. The maximum Gasteiger partial charge on any atom is 0.291 e. The van der Waals surface area contributed by atoms with Crippen LogP contribution in [0.2, 0.25) is 0 Å². The first-order chi connectivity index (χ1) is 13.1. The SMILES string of the molecule is COc1ccccc1CCN1CCC[C@@H](CN(C)C(=O)c2ocnc2C)C1. The highest BCUT2D eigenvalue weighted by Crippen LogP contribution is 2.21. The highest BCUT2D eigenvalue weighted by molar-refractivity contribution is 5.92. The van der Waals surface area contributed by atoms with Gasteiger partial charge in [0, 0.05) is 26.7 Å². The fraction of sp³-hybridized carbons (Fsp3) is 0.524. The summed E-state index contributed by atoms with van der Waals surface area (Å²) < 4.78 is 10.7. The number of oxazole rings is 1. The summed E-state index contributed by atoms with van der Waals surface area (Å²) in [6.07, 6.45) is 4.62. The largest absolute Gasteiger partial charge is 0.496 e. The molecule has 0 saturated carbocycles. The average Bonchev–Trinajstić information content (AvgIpc) is 3.12. The maximum atomic E-state index is 12.5. The summed E-state index contributed by atoms with van der Waals surface area (Å²) in [6, 6.07) is 8.21. The van der Waals surface area contributed by atoms with Crippen LogP contribution in [-0.4, -0.2) is 61.0 Å². The van der Waals surface area contributed by atoms with Crippen molar-refractivity contribution in [3.8, 4) is 5.75 Å². The first-order valence-electron chi connectivity index (χ1n) is 9.58. The van der Waals surface area contributed by atoms with Gasteiger partial charge >= 0.3 is 0 Å². The Morgan fingerprint density at radius 2 is 2.22 bits per heavy atom. The Morgan fingerprint density at radius 1 is 1.41 bits per heavy atom. The molecule has 6 nitrogen and oxygen atoms in total. The first kappa shape index (κ1) is 19.4. The molecule has 2 heterocycles. The highest BCUT2D eigenvalue weighted by Gasteiger charge is 2.25. The molecule has 6 heteroatoms. The van der Waals surface area contributed by atoms with E-state index in [1.165, 1.54) is 18.4 Å². The number of carbonyl (C=O) groups is 1. The molecule has 0 bridgehead atoms. The zero-order valence-electron chi connectivity index (χ0n) is 16.5. The van der Waals surface area contributed by atoms with Crippen molar-refractivity contribution in [3.05, 3.63) is 47.7 Å². The molecule has 27 heavy (non-hydrogen) atoms. The molecule has 1 atom stereocenters. The van der Waals surface area contributed by atoms with Crippen LogP contribution in [-0.2, 0) is 6.42 Å². The van der Waals surface area contributed by atoms with Crippen molar-refractivity contribution in [1.29, 1.82) is 0 Å². The molecule has 146 valence electrons. The van der Waals surface area contributed by atoms with Gasteiger partial charge in [0.05, 0.1) is 12.8 Å². The molecule has 1 saturated heterocycles. The summed E-state index contributed by atoms with van der Waals surface area (Å²) in [5.41, 5.74) is 1.89. The number of rotatable bonds is 7. The average molecular weight is 371 g/mol. The number of methoxy groups -OCH3 is 1. The van der Waals surface area contributed by atoms with E-state index in [0.29, 0.717) is 17.4 Å². The second kappa shape index (κ2) is 9.04. The van der Waals surface area contributed by atoms with Crippen LogP contribution < -0.4 is 4.74 Å². The quantitative estimate of drug-likeness (QED) is 0.749. The summed E-state index contributed by atoms with van der Waals surface area (Å²) in [7, 11) is 3.57. The van der Waals surface area contributed by atoms with Gasteiger partial charge in [0.25, 0.3) is 5.91 Å². The Balaban J connectivity index is 1.52. The van der Waals surface area contributed by atoms with Gasteiger partial charge in [-0.3, -0.25) is 4.79 Å². The lowest BCUT2D eigenvalue weighted by molar-refractivity contribution is 0.0699. The molecule has 2 aromatic rings. The second-order valence-electron chi connectivity index (χ2n) is 7.32. The minimum Gasteiger partial charge on any atom is -0.496 e. The molecular formula is C21H29N3O3. The summed E-state index contributed by atoms with van der Waals surface area (Å²) in [5, 5.41) is 0. The number of nitrogens with zero attached hydrogens (tertiary/aromatic N) is 3. The molecule has 0 radical (unpaired) electrons. The molecule has 1 fully saturated rings. The van der Waals surface area contributed by atoms with E-state index in [0.717, 1.165) is 44.8 Å². The van der Waals surface area contributed by atoms with E-state index in [1.54, 1.807) is 18.9 Å². The van der Waals surface area contributed by atoms with Gasteiger partial charge in [0.1, 0.15) is 5.75 Å². The Bertz CT molecular complexity index is 759. The standard InChI is InChI=1S/C21H29N3O3/c1-16-20(27-15-22-16)21(25)23(2)13-17-7-6-11-24(14-17)12-10-18-8-4-5-9-19(18)26-3/h4-5,8-9,15,17H,6-7,10-14H2,1-3H3/t17-/m0/s1. The zero-order valence-corrected chi connectivity index (χ0v) is 16.5. The van der Waals surface area contributed by atoms with E-state index in [9.17, 15) is 4.79 Å². The molecule has 1 aromatic heterocycles. The summed E-state index contributed by atoms with van der Waals surface area (Å²) in [4.78, 5) is 20.8. The van der Waals surface area contributed by atoms with Gasteiger partial charge in [-0.25, -0.2) is 4.98 Å². The number of benzene rings is 1. The third-order valence-corrected chi connectivity index (χ3v) is 5.31. The zero-order chi connectivity index (χ0) is 19.2. The number of amides is 1. The van der Waals surface area contributed by atoms with Crippen LogP contribution in [0.15, 0.2) is 35.1 Å². The van der Waals surface area contributed by atoms with E-state index in [4.69, 9.17) is 9.15 Å². The minimum absolute atomic E-state index is 0.0869. The number of likely N-dealkylation sites (tertiary alicyclic amines) is 1. The Hall–Kier alpha value is -2.34. The van der Waals surface area contributed by atoms with Crippen LogP contribution in [0.25, 0.3) is 0 Å². The molecule has 0 unspecified atom stereocenters. The lowest BCUT2D eigenvalue weighted by Gasteiger charge is -2.34. The van der Waals surface area contributed by atoms with Crippen molar-refractivity contribution in [2.45, 2.75) is 26.2 Å². The van der Waals surface area contributed by atoms with Crippen LogP contribution >= 0.6 is 0 Å². The molecule has 1 aliphatic rings. The Kier molecular flexibility index (Phi) is 6.50. The third kappa shape index (κ3) is 4.89. The minimum atomic E-state index is -0.0869. The van der Waals surface area contributed by atoms with Crippen LogP contribution in [0.4, 0.5) is 0 Å². The number of hydrogen-bond donors (Lipinski definition) is 0. The molecule has 0 spiro atoms. The lowest BCUT2D eigenvalue weighted by Crippen LogP contribution is -2.42. The van der Waals surface area contributed by atoms with Crippen LogP contribution in [0, 0.1) is 12.8 Å². The van der Waals surface area contributed by atoms with Gasteiger partial charge in [0.2, 0.25) is 5.76 Å². The van der Waals surface area contributed by atoms with E-state index >= 15 is 0 Å². The molecular weight excluding hydrogens is 342 g/mol. The summed E-state index contributed by atoms with van der Waals surface area (Å²) in [6.45, 7) is 5.68. The number of para-hydroxylation sites is 1. The van der Waals surface area contributed by atoms with E-state index in [1.807, 2.05) is 19.2 Å². The second-order valence-corrected chi connectivity index (χ2v) is 7.32. The number of ether oxygens (including phenoxy) is 1. The van der Waals surface area contributed by atoms with E-state index < -0.39 is 0 Å². The van der Waals surface area contributed by atoms with Gasteiger partial charge in [-0.2, -0.15) is 0 Å². The van der Waals surface area contributed by atoms with Crippen LogP contribution in [0.1, 0.15) is 34.7 Å². The normalized spacial score (nSPS) is 17.7. The number of piperidine rings is 1. The first-order valence-corrected chi connectivity index (χ1v) is 9.58. The fourth-order valence-electron chi connectivity index (χ4n) is 3.84. The molecule has 0 aliphatic carbocycles. The maximum absolute atomic E-state index is 12.5. The van der Waals surface area contributed by atoms with Crippen molar-refractivity contribution in [2.24, 2.45) is 5.92 Å². The molecule has 1 aliphatic heterocycles. The van der Waals surface area contributed by atoms with Gasteiger partial charge in [-0.1, -0.05) is 18.2 Å². The van der Waals surface area contributed by atoms with E-state index in [2.05, 4.69) is 22.0 Å². The highest BCUT2D eigenvalue weighted by atomic mass is 16.5. The fourth-order valence-corrected chi connectivity index (χ4v) is 3.84. The molecule has 0 N–H and O–H groups in total. The Labute approximate surface area is 161 Å². The topological polar surface area (TPSA) is 58.8 Å². The third-order valence-electron chi connectivity index (χ3n) is 5.31. The monoisotopic (exact) mass is 371 g/mol. The predicted octanol–water partition coefficient (Wildman–Crippen LogP) is 3.02. The van der Waals surface area contributed by atoms with Crippen LogP contribution in [0.3, 0.4) is 0 Å². The van der Waals surface area contributed by atoms with Crippen molar-refractivity contribution in [1.82, 2.24) is 14.8 Å².